The number of carbonyl (C=O) groups is 6. The number of nitrogens with zero attached hydrogens (tertiary/aromatic N) is 4. The van der Waals surface area contributed by atoms with Crippen LogP contribution in [0, 0.1) is 0 Å². The Morgan fingerprint density at radius 2 is 1.17 bits per heavy atom. The molecule has 0 fully saturated rings. The molecule has 4 aliphatic rings. The smallest absolute Gasteiger partial charge is 0.355 e. The second-order valence-corrected chi connectivity index (χ2v) is 20.3. The van der Waals surface area contributed by atoms with Crippen molar-refractivity contribution in [1.82, 2.24) is 29.7 Å². The van der Waals surface area contributed by atoms with Gasteiger partial charge < -0.3 is 72.6 Å². The summed E-state index contributed by atoms with van der Waals surface area (Å²) in [5.74, 6) is -4.81. The maximum absolute atomic E-state index is 14.1. The molecule has 25 heteroatoms. The third-order valence-corrected chi connectivity index (χ3v) is 15.2. The van der Waals surface area contributed by atoms with Gasteiger partial charge in [-0.05, 0) is 86.3 Å². The number of phenolic OH excluding ortho intramolecular Hbond substituents is 2. The predicted octanol–water partition coefficient (Wildman–Crippen LogP) is 2.95. The van der Waals surface area contributed by atoms with E-state index in [-0.39, 0.29) is 113 Å². The van der Waals surface area contributed by atoms with Crippen molar-refractivity contribution in [1.29, 1.82) is 0 Å². The summed E-state index contributed by atoms with van der Waals surface area (Å²) in [5, 5.41) is 26.5. The number of amides is 2. The van der Waals surface area contributed by atoms with E-state index in [2.05, 4.69) is 10.6 Å². The molecule has 0 radical (unpaired) electrons. The summed E-state index contributed by atoms with van der Waals surface area (Å²) in [5.41, 5.74) is 1.42. The summed E-state index contributed by atoms with van der Waals surface area (Å²) in [7, 11) is 0. The number of benzene rings is 2. The number of ether oxygens (including phenoxy) is 9. The first kappa shape index (κ1) is 58.6. The Hall–Kier alpha value is -8.62. The van der Waals surface area contributed by atoms with Gasteiger partial charge in [0.2, 0.25) is 23.0 Å². The summed E-state index contributed by atoms with van der Waals surface area (Å²) in [6, 6.07) is 14.7. The van der Waals surface area contributed by atoms with E-state index in [0.717, 1.165) is 22.1 Å². The fourth-order valence-corrected chi connectivity index (χ4v) is 11.1. The molecule has 4 N–H and O–H groups in total. The van der Waals surface area contributed by atoms with Gasteiger partial charge in [-0.1, -0.05) is 20.8 Å². The molecule has 4 aromatic heterocycles. The molecule has 6 aromatic rings. The summed E-state index contributed by atoms with van der Waals surface area (Å²) in [6.45, 7) is 5.29. The highest BCUT2D eigenvalue weighted by atomic mass is 16.6. The third-order valence-electron chi connectivity index (χ3n) is 15.2. The van der Waals surface area contributed by atoms with Crippen molar-refractivity contribution in [2.75, 3.05) is 72.6 Å². The summed E-state index contributed by atoms with van der Waals surface area (Å²) in [6.07, 6.45) is -0.108. The zero-order valence-electron chi connectivity index (χ0n) is 46.6. The molecule has 0 bridgehead atoms. The van der Waals surface area contributed by atoms with E-state index in [1.807, 2.05) is 19.9 Å². The van der Waals surface area contributed by atoms with Crippen LogP contribution in [0.3, 0.4) is 0 Å². The summed E-state index contributed by atoms with van der Waals surface area (Å²) in [4.78, 5) is 117. The third kappa shape index (κ3) is 11.3. The zero-order valence-corrected chi connectivity index (χ0v) is 46.6. The lowest BCUT2D eigenvalue weighted by molar-refractivity contribution is -0.189. The monoisotopic (exact) mass is 1160 g/mol. The van der Waals surface area contributed by atoms with Gasteiger partial charge in [0.25, 0.3) is 11.1 Å². The van der Waals surface area contributed by atoms with Crippen LogP contribution < -0.4 is 21.8 Å². The number of esters is 4. The van der Waals surface area contributed by atoms with Gasteiger partial charge in [0.15, 0.2) is 0 Å². The molecule has 0 saturated carbocycles. The number of carbonyl (C=O) groups excluding carboxylic acids is 6. The van der Waals surface area contributed by atoms with Crippen LogP contribution in [0.15, 0.2) is 64.2 Å². The molecule has 8 heterocycles. The fraction of sp³-hybridized carbons (Fsp3) is 0.424. The number of aromatic nitrogens is 4. The van der Waals surface area contributed by atoms with Crippen molar-refractivity contribution in [3.8, 4) is 34.3 Å². The number of fused-ring (bicyclic) bond motifs is 10. The van der Waals surface area contributed by atoms with E-state index >= 15 is 0 Å². The molecule has 0 spiro atoms. The van der Waals surface area contributed by atoms with Gasteiger partial charge in [-0.15, -0.1) is 0 Å². The molecule has 10 rings (SSSR count). The second kappa shape index (κ2) is 24.7. The van der Waals surface area contributed by atoms with Crippen LogP contribution in [-0.4, -0.2) is 144 Å². The molecule has 4 aliphatic heterocycles. The maximum Gasteiger partial charge on any atom is 0.355 e. The molecule has 2 amide bonds. The Morgan fingerprint density at radius 3 is 1.76 bits per heavy atom. The number of rotatable bonds is 25. The SMILES string of the molecule is CCOCC(COCCOCC(=O)NCC(=O)O[C@]1(CC)C(=O)OCc2c1cc1n(c2=O)Cc2c-1nc1ccc(O)cc1c2CC)OCCOCC(=O)NCC(=O)O[C@]1(CC)C(=O)OCc2c1cc1n(c2=O)Cc2cc3cc(O)ccc3nc2-1. The van der Waals surface area contributed by atoms with Crippen molar-refractivity contribution >= 4 is 57.5 Å². The van der Waals surface area contributed by atoms with E-state index in [0.29, 0.717) is 52.2 Å². The van der Waals surface area contributed by atoms with Crippen LogP contribution in [0.25, 0.3) is 44.6 Å². The number of phenols is 2. The number of hydrogen-bond donors (Lipinski definition) is 4. The first-order chi connectivity index (χ1) is 40.5. The van der Waals surface area contributed by atoms with Crippen LogP contribution in [0.5, 0.6) is 11.5 Å². The molecule has 1 unspecified atom stereocenters. The summed E-state index contributed by atoms with van der Waals surface area (Å²) < 4.78 is 53.5. The number of pyridine rings is 4. The van der Waals surface area contributed by atoms with Gasteiger partial charge in [-0.3, -0.25) is 28.8 Å². The lowest BCUT2D eigenvalue weighted by Gasteiger charge is -2.35. The lowest BCUT2D eigenvalue weighted by Crippen LogP contribution is -2.48. The first-order valence-electron chi connectivity index (χ1n) is 27.6. The predicted molar refractivity (Wildman–Crippen MR) is 294 cm³/mol. The highest BCUT2D eigenvalue weighted by molar-refractivity contribution is 5.93. The number of hydrogen-bond acceptors (Lipinski definition) is 21. The van der Waals surface area contributed by atoms with Gasteiger partial charge in [0, 0.05) is 39.6 Å². The van der Waals surface area contributed by atoms with Gasteiger partial charge >= 0.3 is 23.9 Å². The van der Waals surface area contributed by atoms with Crippen LogP contribution in [-0.2, 0) is 115 Å². The fourth-order valence-electron chi connectivity index (χ4n) is 11.1. The number of aromatic hydroxyl groups is 2. The van der Waals surface area contributed by atoms with Gasteiger partial charge in [0.1, 0.15) is 57.1 Å². The highest BCUT2D eigenvalue weighted by Gasteiger charge is 2.52. The topological polar surface area (TPSA) is 320 Å². The average Bonchev–Trinajstić information content (AvgIpc) is 3.20. The Morgan fingerprint density at radius 1 is 0.631 bits per heavy atom. The number of cyclic esters (lactones) is 2. The molecule has 442 valence electrons. The minimum Gasteiger partial charge on any atom is -0.508 e. The quantitative estimate of drug-likeness (QED) is 0.0363. The number of nitrogens with one attached hydrogen (secondary N) is 2. The minimum absolute atomic E-state index is 0.0143. The Balaban J connectivity index is 0.639. The lowest BCUT2D eigenvalue weighted by atomic mass is 9.85. The van der Waals surface area contributed by atoms with E-state index in [1.165, 1.54) is 16.7 Å². The van der Waals surface area contributed by atoms with Crippen LogP contribution in [0.1, 0.15) is 79.5 Å². The van der Waals surface area contributed by atoms with E-state index < -0.39 is 90.4 Å². The van der Waals surface area contributed by atoms with Gasteiger partial charge in [-0.25, -0.2) is 19.6 Å². The van der Waals surface area contributed by atoms with Gasteiger partial charge in [0.05, 0.1) is 97.7 Å². The van der Waals surface area contributed by atoms with Crippen molar-refractivity contribution in [3.05, 3.63) is 114 Å². The standard InChI is InChI=1S/C59H62N6O19/c1-5-37-38-19-35(67)10-12-45(38)63-53-39(37)25-65-47(53)21-43-41(55(65)73)29-82-57(75)59(43,7-3)84-51(71)22-60-48(68)30-78-14-13-77-27-36(26-76-8-4)80-16-15-79-31-49(69)61-23-50(70)83-58(6-2)42-20-46-52-33(17-32-18-34(66)9-11-44(32)62-52)24-64(46)54(72)40(42)28-81-56(58)74/h9-12,17-21,36,66-67H,5-8,13-16,22-31H2,1-4H3,(H,60,68)(H,61,69)/t36?,58-,59-/m0/s1. The van der Waals surface area contributed by atoms with Crippen LogP contribution >= 0.6 is 0 Å². The van der Waals surface area contributed by atoms with Crippen molar-refractivity contribution in [3.63, 3.8) is 0 Å². The van der Waals surface area contributed by atoms with Crippen molar-refractivity contribution in [2.24, 2.45) is 0 Å². The minimum atomic E-state index is -1.98. The Kier molecular flexibility index (Phi) is 17.2. The van der Waals surface area contributed by atoms with Crippen LogP contribution in [0.4, 0.5) is 0 Å². The molecule has 0 saturated heterocycles. The Labute approximate surface area is 479 Å². The van der Waals surface area contributed by atoms with Crippen molar-refractivity contribution < 1.29 is 81.6 Å². The molecule has 2 aromatic carbocycles. The average molecular weight is 1160 g/mol. The molecule has 84 heavy (non-hydrogen) atoms. The molecule has 3 atom stereocenters. The number of aryl methyl sites for hydroxylation is 1. The normalized spacial score (nSPS) is 17.5. The zero-order chi connectivity index (χ0) is 59.5. The largest absolute Gasteiger partial charge is 0.508 e. The van der Waals surface area contributed by atoms with Crippen molar-refractivity contribution in [2.45, 2.75) is 90.6 Å². The van der Waals surface area contributed by atoms with Crippen LogP contribution in [0.2, 0.25) is 0 Å². The second-order valence-electron chi connectivity index (χ2n) is 20.3. The summed E-state index contributed by atoms with van der Waals surface area (Å²) >= 11 is 0. The van der Waals surface area contributed by atoms with Gasteiger partial charge in [-0.2, -0.15) is 0 Å². The highest BCUT2D eigenvalue weighted by Crippen LogP contribution is 2.44. The van der Waals surface area contributed by atoms with E-state index in [9.17, 15) is 48.6 Å². The molecular formula is C59H62N6O19. The maximum atomic E-state index is 14.1. The molecule has 0 aliphatic carbocycles. The molecule has 25 nitrogen and oxygen atoms in total. The Bertz CT molecular complexity index is 3770. The van der Waals surface area contributed by atoms with E-state index in [1.54, 1.807) is 54.8 Å². The first-order valence-corrected chi connectivity index (χ1v) is 27.6. The van der Waals surface area contributed by atoms with E-state index in [4.69, 9.17) is 52.6 Å². The molecular weight excluding hydrogens is 1100 g/mol.